The van der Waals surface area contributed by atoms with Gasteiger partial charge < -0.3 is 14.5 Å². The van der Waals surface area contributed by atoms with Crippen LogP contribution >= 0.6 is 0 Å². The van der Waals surface area contributed by atoms with Crippen molar-refractivity contribution in [3.63, 3.8) is 0 Å². The van der Waals surface area contributed by atoms with Gasteiger partial charge in [0.15, 0.2) is 0 Å². The van der Waals surface area contributed by atoms with Crippen LogP contribution < -0.4 is 14.5 Å². The highest BCUT2D eigenvalue weighted by Gasteiger charge is 2.23. The van der Waals surface area contributed by atoms with Crippen molar-refractivity contribution in [2.24, 2.45) is 0 Å². The van der Waals surface area contributed by atoms with Crippen LogP contribution in [0.4, 0.5) is 0 Å². The van der Waals surface area contributed by atoms with Gasteiger partial charge in [0.05, 0.1) is 7.11 Å². The molecule has 3 heteroatoms. The minimum Gasteiger partial charge on any atom is -0.497 e. The highest BCUT2D eigenvalue weighted by molar-refractivity contribution is 5.26. The van der Waals surface area contributed by atoms with E-state index in [2.05, 4.69) is 55.5 Å². The molecule has 0 aliphatic carbocycles. The lowest BCUT2D eigenvalue weighted by Crippen LogP contribution is -3.27. The van der Waals surface area contributed by atoms with Crippen LogP contribution in [0.1, 0.15) is 16.7 Å². The van der Waals surface area contributed by atoms with Crippen LogP contribution in [0, 0.1) is 6.92 Å². The molecule has 2 aromatic rings. The SMILES string of the molecule is COc1ccc(C[NH+]2CC[NH+](Cc3ccccc3C)CC2)cc1. The van der Waals surface area contributed by atoms with Crippen molar-refractivity contribution in [2.45, 2.75) is 20.0 Å². The van der Waals surface area contributed by atoms with Gasteiger partial charge in [-0.2, -0.15) is 0 Å². The van der Waals surface area contributed by atoms with E-state index in [-0.39, 0.29) is 0 Å². The Morgan fingerprint density at radius 1 is 0.826 bits per heavy atom. The van der Waals surface area contributed by atoms with Crippen LogP contribution in [0.3, 0.4) is 0 Å². The van der Waals surface area contributed by atoms with E-state index >= 15 is 0 Å². The molecule has 0 atom stereocenters. The first-order valence-corrected chi connectivity index (χ1v) is 8.59. The smallest absolute Gasteiger partial charge is 0.127 e. The normalized spacial score (nSPS) is 21.1. The van der Waals surface area contributed by atoms with Crippen LogP contribution in [-0.2, 0) is 13.1 Å². The Morgan fingerprint density at radius 2 is 1.43 bits per heavy atom. The van der Waals surface area contributed by atoms with E-state index < -0.39 is 0 Å². The number of ether oxygens (including phenoxy) is 1. The molecule has 3 rings (SSSR count). The minimum atomic E-state index is 0.941. The summed E-state index contributed by atoms with van der Waals surface area (Å²) in [5.41, 5.74) is 4.33. The molecule has 0 bridgehead atoms. The van der Waals surface area contributed by atoms with Crippen molar-refractivity contribution in [3.05, 3.63) is 65.2 Å². The fraction of sp³-hybridized carbons (Fsp3) is 0.400. The second kappa shape index (κ2) is 7.62. The number of quaternary nitrogens is 2. The van der Waals surface area contributed by atoms with Crippen molar-refractivity contribution >= 4 is 0 Å². The Kier molecular flexibility index (Phi) is 5.31. The highest BCUT2D eigenvalue weighted by Crippen LogP contribution is 2.10. The molecule has 0 radical (unpaired) electrons. The van der Waals surface area contributed by atoms with Gasteiger partial charge in [-0.25, -0.2) is 0 Å². The summed E-state index contributed by atoms with van der Waals surface area (Å²) in [5.74, 6) is 0.941. The molecule has 0 saturated carbocycles. The average Bonchev–Trinajstić information content (AvgIpc) is 2.59. The lowest BCUT2D eigenvalue weighted by Gasteiger charge is -2.30. The maximum absolute atomic E-state index is 5.23. The molecule has 1 aliphatic heterocycles. The first-order valence-electron chi connectivity index (χ1n) is 8.59. The van der Waals surface area contributed by atoms with Crippen molar-refractivity contribution in [2.75, 3.05) is 33.3 Å². The molecule has 1 heterocycles. The Morgan fingerprint density at radius 3 is 2.04 bits per heavy atom. The third-order valence-electron chi connectivity index (χ3n) is 4.98. The Hall–Kier alpha value is -1.84. The summed E-state index contributed by atoms with van der Waals surface area (Å²) in [7, 11) is 1.72. The molecule has 2 N–H and O–H groups in total. The zero-order valence-electron chi connectivity index (χ0n) is 14.3. The van der Waals surface area contributed by atoms with Crippen LogP contribution in [0.2, 0.25) is 0 Å². The molecule has 0 amide bonds. The molecule has 23 heavy (non-hydrogen) atoms. The quantitative estimate of drug-likeness (QED) is 0.822. The molecule has 122 valence electrons. The second-order valence-corrected chi connectivity index (χ2v) is 6.63. The Balaban J connectivity index is 1.49. The number of hydrogen-bond acceptors (Lipinski definition) is 1. The maximum Gasteiger partial charge on any atom is 0.127 e. The van der Waals surface area contributed by atoms with Crippen molar-refractivity contribution in [1.82, 2.24) is 0 Å². The number of hydrogen-bond donors (Lipinski definition) is 2. The standard InChI is InChI=1S/C20H26N2O/c1-17-5-3-4-6-19(17)16-22-13-11-21(12-14-22)15-18-7-9-20(23-2)10-8-18/h3-10H,11-16H2,1-2H3/p+2. The fourth-order valence-corrected chi connectivity index (χ4v) is 3.42. The third-order valence-corrected chi connectivity index (χ3v) is 4.98. The van der Waals surface area contributed by atoms with Gasteiger partial charge in [-0.3, -0.25) is 0 Å². The number of methoxy groups -OCH3 is 1. The Bertz CT molecular complexity index is 616. The predicted molar refractivity (Wildman–Crippen MR) is 93.0 cm³/mol. The number of nitrogens with one attached hydrogen (secondary N) is 2. The zero-order valence-corrected chi connectivity index (χ0v) is 14.3. The molecule has 0 spiro atoms. The predicted octanol–water partition coefficient (Wildman–Crippen LogP) is 0.487. The van der Waals surface area contributed by atoms with Gasteiger partial charge >= 0.3 is 0 Å². The van der Waals surface area contributed by atoms with Crippen molar-refractivity contribution in [3.8, 4) is 5.75 Å². The fourth-order valence-electron chi connectivity index (χ4n) is 3.42. The number of aryl methyl sites for hydroxylation is 1. The highest BCUT2D eigenvalue weighted by atomic mass is 16.5. The summed E-state index contributed by atoms with van der Waals surface area (Å²) in [6, 6.07) is 17.3. The lowest BCUT2D eigenvalue weighted by atomic mass is 10.1. The molecule has 3 nitrogen and oxygen atoms in total. The minimum absolute atomic E-state index is 0.941. The summed E-state index contributed by atoms with van der Waals surface area (Å²) in [6.45, 7) is 9.56. The van der Waals surface area contributed by atoms with Crippen LogP contribution in [-0.4, -0.2) is 33.3 Å². The van der Waals surface area contributed by atoms with Gasteiger partial charge in [0.1, 0.15) is 45.0 Å². The van der Waals surface area contributed by atoms with E-state index in [1.54, 1.807) is 16.9 Å². The number of rotatable bonds is 5. The number of piperazine rings is 1. The van der Waals surface area contributed by atoms with Crippen LogP contribution in [0.25, 0.3) is 0 Å². The third kappa shape index (κ3) is 4.34. The zero-order chi connectivity index (χ0) is 16.1. The van der Waals surface area contributed by atoms with Gasteiger partial charge in [-0.05, 0) is 36.8 Å². The number of benzene rings is 2. The molecular weight excluding hydrogens is 284 g/mol. The molecule has 1 fully saturated rings. The largest absolute Gasteiger partial charge is 0.497 e. The van der Waals surface area contributed by atoms with Gasteiger partial charge in [0, 0.05) is 11.1 Å². The molecule has 0 unspecified atom stereocenters. The van der Waals surface area contributed by atoms with Crippen molar-refractivity contribution in [1.29, 1.82) is 0 Å². The van der Waals surface area contributed by atoms with Crippen LogP contribution in [0.15, 0.2) is 48.5 Å². The topological polar surface area (TPSA) is 18.1 Å². The molecular formula is C20H28N2O+2. The molecule has 2 aromatic carbocycles. The van der Waals surface area contributed by atoms with E-state index in [4.69, 9.17) is 4.74 Å². The summed E-state index contributed by atoms with van der Waals surface area (Å²) >= 11 is 0. The first-order chi connectivity index (χ1) is 11.2. The summed E-state index contributed by atoms with van der Waals surface area (Å²) in [5, 5.41) is 0. The van der Waals surface area contributed by atoms with Crippen molar-refractivity contribution < 1.29 is 14.5 Å². The van der Waals surface area contributed by atoms with E-state index in [0.29, 0.717) is 0 Å². The molecule has 1 aliphatic rings. The van der Waals surface area contributed by atoms with Gasteiger partial charge in [0.2, 0.25) is 0 Å². The lowest BCUT2D eigenvalue weighted by molar-refractivity contribution is -1.02. The van der Waals surface area contributed by atoms with Gasteiger partial charge in [0.25, 0.3) is 0 Å². The van der Waals surface area contributed by atoms with E-state index in [1.165, 1.54) is 49.4 Å². The van der Waals surface area contributed by atoms with Crippen LogP contribution in [0.5, 0.6) is 5.75 Å². The summed E-state index contributed by atoms with van der Waals surface area (Å²) < 4.78 is 5.23. The van der Waals surface area contributed by atoms with Gasteiger partial charge in [-0.15, -0.1) is 0 Å². The van der Waals surface area contributed by atoms with E-state index in [9.17, 15) is 0 Å². The maximum atomic E-state index is 5.23. The monoisotopic (exact) mass is 312 g/mol. The molecule has 0 aromatic heterocycles. The van der Waals surface area contributed by atoms with E-state index in [0.717, 1.165) is 12.3 Å². The summed E-state index contributed by atoms with van der Waals surface area (Å²) in [4.78, 5) is 3.42. The second-order valence-electron chi connectivity index (χ2n) is 6.63. The first kappa shape index (κ1) is 16.0. The molecule has 1 saturated heterocycles. The summed E-state index contributed by atoms with van der Waals surface area (Å²) in [6.07, 6.45) is 0. The average molecular weight is 312 g/mol. The van der Waals surface area contributed by atoms with Gasteiger partial charge in [-0.1, -0.05) is 24.3 Å². The Labute approximate surface area is 139 Å². The van der Waals surface area contributed by atoms with E-state index in [1.807, 2.05) is 0 Å².